The van der Waals surface area contributed by atoms with Gasteiger partial charge in [0.15, 0.2) is 0 Å². The number of amides is 1. The number of hydrogen-bond acceptors (Lipinski definition) is 4. The average molecular weight is 232 g/mol. The smallest absolute Gasteiger partial charge is 0.254 e. The Balaban J connectivity index is 2.73. The Labute approximate surface area is 97.7 Å². The number of aromatic nitrogens is 3. The van der Waals surface area contributed by atoms with E-state index in [0.29, 0.717) is 17.0 Å². The summed E-state index contributed by atoms with van der Waals surface area (Å²) in [4.78, 5) is 15.2. The standard InChI is InChI=1S/C11H12N4O2/c1-6-9(8-3-4-14-15(8)2)10(16)7(5-13-6)11(12)17/h3-5H,1-2H3,(H2,12,17)(H,13,16). The second kappa shape index (κ2) is 3.89. The van der Waals surface area contributed by atoms with E-state index in [1.165, 1.54) is 6.20 Å². The molecule has 0 radical (unpaired) electrons. The highest BCUT2D eigenvalue weighted by Gasteiger charge is 2.18. The number of rotatable bonds is 2. The molecule has 0 bridgehead atoms. The fraction of sp³-hybridized carbons (Fsp3) is 0.182. The summed E-state index contributed by atoms with van der Waals surface area (Å²) in [5.74, 6) is -0.869. The molecule has 0 aromatic carbocycles. The maximum atomic E-state index is 11.1. The van der Waals surface area contributed by atoms with Crippen LogP contribution in [0.3, 0.4) is 0 Å². The summed E-state index contributed by atoms with van der Waals surface area (Å²) in [5.41, 5.74) is 6.93. The molecule has 0 aliphatic carbocycles. The number of nitrogens with two attached hydrogens (primary N) is 1. The number of nitrogens with zero attached hydrogens (tertiary/aromatic N) is 3. The molecule has 0 spiro atoms. The van der Waals surface area contributed by atoms with E-state index in [0.717, 1.165) is 0 Å². The van der Waals surface area contributed by atoms with Crippen molar-refractivity contribution in [1.29, 1.82) is 0 Å². The lowest BCUT2D eigenvalue weighted by molar-refractivity contribution is 0.0997. The highest BCUT2D eigenvalue weighted by atomic mass is 16.3. The van der Waals surface area contributed by atoms with Crippen molar-refractivity contribution >= 4 is 5.91 Å². The largest absolute Gasteiger partial charge is 0.506 e. The second-order valence-corrected chi connectivity index (χ2v) is 3.69. The highest BCUT2D eigenvalue weighted by Crippen LogP contribution is 2.33. The van der Waals surface area contributed by atoms with Crippen LogP contribution < -0.4 is 5.73 Å². The van der Waals surface area contributed by atoms with Crippen LogP contribution in [0.5, 0.6) is 5.75 Å². The molecule has 0 saturated carbocycles. The van der Waals surface area contributed by atoms with E-state index in [4.69, 9.17) is 5.73 Å². The zero-order valence-electron chi connectivity index (χ0n) is 9.51. The molecule has 17 heavy (non-hydrogen) atoms. The molecular formula is C11H12N4O2. The van der Waals surface area contributed by atoms with Crippen LogP contribution in [0.4, 0.5) is 0 Å². The Morgan fingerprint density at radius 2 is 2.24 bits per heavy atom. The monoisotopic (exact) mass is 232 g/mol. The Morgan fingerprint density at radius 1 is 1.53 bits per heavy atom. The van der Waals surface area contributed by atoms with Gasteiger partial charge in [-0.05, 0) is 13.0 Å². The van der Waals surface area contributed by atoms with Crippen LogP contribution in [0, 0.1) is 6.92 Å². The SMILES string of the molecule is Cc1ncc(C(N)=O)c(O)c1-c1ccnn1C. The number of hydrogen-bond donors (Lipinski definition) is 2. The first-order valence-corrected chi connectivity index (χ1v) is 4.99. The fourth-order valence-electron chi connectivity index (χ4n) is 1.70. The minimum atomic E-state index is -0.710. The van der Waals surface area contributed by atoms with Crippen molar-refractivity contribution < 1.29 is 9.90 Å². The molecule has 0 aliphatic rings. The van der Waals surface area contributed by atoms with Gasteiger partial charge in [0.05, 0.1) is 22.5 Å². The first-order valence-electron chi connectivity index (χ1n) is 4.99. The summed E-state index contributed by atoms with van der Waals surface area (Å²) in [6.07, 6.45) is 2.87. The molecule has 6 heteroatoms. The van der Waals surface area contributed by atoms with Gasteiger partial charge in [-0.15, -0.1) is 0 Å². The summed E-state index contributed by atoms with van der Waals surface area (Å²) >= 11 is 0. The fourth-order valence-corrected chi connectivity index (χ4v) is 1.70. The van der Waals surface area contributed by atoms with Crippen molar-refractivity contribution in [1.82, 2.24) is 14.8 Å². The van der Waals surface area contributed by atoms with Gasteiger partial charge in [0.1, 0.15) is 5.75 Å². The van der Waals surface area contributed by atoms with Crippen LogP contribution in [0.15, 0.2) is 18.5 Å². The lowest BCUT2D eigenvalue weighted by Gasteiger charge is -2.10. The van der Waals surface area contributed by atoms with Crippen LogP contribution in [-0.2, 0) is 7.05 Å². The van der Waals surface area contributed by atoms with E-state index in [-0.39, 0.29) is 11.3 Å². The predicted octanol–water partition coefficient (Wildman–Crippen LogP) is 0.595. The summed E-state index contributed by atoms with van der Waals surface area (Å²) in [6.45, 7) is 1.74. The molecular weight excluding hydrogens is 220 g/mol. The van der Waals surface area contributed by atoms with Gasteiger partial charge in [0.2, 0.25) is 0 Å². The molecule has 3 N–H and O–H groups in total. The van der Waals surface area contributed by atoms with Gasteiger partial charge in [-0.3, -0.25) is 14.5 Å². The van der Waals surface area contributed by atoms with Gasteiger partial charge in [0.25, 0.3) is 5.91 Å². The van der Waals surface area contributed by atoms with Crippen LogP contribution >= 0.6 is 0 Å². The third-order valence-electron chi connectivity index (χ3n) is 2.58. The number of primary amides is 1. The lowest BCUT2D eigenvalue weighted by Crippen LogP contribution is -2.12. The quantitative estimate of drug-likeness (QED) is 0.792. The molecule has 0 saturated heterocycles. The molecule has 0 unspecified atom stereocenters. The summed E-state index contributed by atoms with van der Waals surface area (Å²) < 4.78 is 1.59. The number of aromatic hydroxyl groups is 1. The molecule has 0 fully saturated rings. The third kappa shape index (κ3) is 1.73. The first-order chi connectivity index (χ1) is 8.02. The maximum Gasteiger partial charge on any atom is 0.254 e. The van der Waals surface area contributed by atoms with E-state index in [9.17, 15) is 9.90 Å². The minimum absolute atomic E-state index is 0.00630. The molecule has 1 amide bonds. The lowest BCUT2D eigenvalue weighted by atomic mass is 10.1. The van der Waals surface area contributed by atoms with Gasteiger partial charge in [-0.25, -0.2) is 0 Å². The molecule has 0 aliphatic heterocycles. The van der Waals surface area contributed by atoms with Crippen molar-refractivity contribution in [2.45, 2.75) is 6.92 Å². The van der Waals surface area contributed by atoms with Gasteiger partial charge >= 0.3 is 0 Å². The van der Waals surface area contributed by atoms with Crippen molar-refractivity contribution in [2.24, 2.45) is 12.8 Å². The van der Waals surface area contributed by atoms with Gasteiger partial charge in [0, 0.05) is 19.4 Å². The topological polar surface area (TPSA) is 94.0 Å². The molecule has 2 rings (SSSR count). The molecule has 88 valence electrons. The highest BCUT2D eigenvalue weighted by molar-refractivity contribution is 5.97. The predicted molar refractivity (Wildman–Crippen MR) is 61.4 cm³/mol. The number of carbonyl (C=O) groups is 1. The average Bonchev–Trinajstić information content (AvgIpc) is 2.64. The van der Waals surface area contributed by atoms with E-state index in [2.05, 4.69) is 10.1 Å². The zero-order valence-corrected chi connectivity index (χ0v) is 9.51. The summed E-state index contributed by atoms with van der Waals surface area (Å²) in [7, 11) is 1.74. The maximum absolute atomic E-state index is 11.1. The molecule has 0 atom stereocenters. The third-order valence-corrected chi connectivity index (χ3v) is 2.58. The van der Waals surface area contributed by atoms with Gasteiger partial charge in [-0.2, -0.15) is 5.10 Å². The number of pyridine rings is 1. The van der Waals surface area contributed by atoms with Crippen LogP contribution in [0.1, 0.15) is 16.1 Å². The summed E-state index contributed by atoms with van der Waals surface area (Å²) in [6, 6.07) is 1.73. The number of aryl methyl sites for hydroxylation is 2. The molecule has 6 nitrogen and oxygen atoms in total. The van der Waals surface area contributed by atoms with Gasteiger partial charge in [-0.1, -0.05) is 0 Å². The van der Waals surface area contributed by atoms with Crippen molar-refractivity contribution in [3.63, 3.8) is 0 Å². The van der Waals surface area contributed by atoms with E-state index in [1.807, 2.05) is 0 Å². The van der Waals surface area contributed by atoms with Gasteiger partial charge < -0.3 is 10.8 Å². The molecule has 2 heterocycles. The van der Waals surface area contributed by atoms with E-state index >= 15 is 0 Å². The molecule has 2 aromatic rings. The first kappa shape index (κ1) is 11.1. The summed E-state index contributed by atoms with van der Waals surface area (Å²) in [5, 5.41) is 14.1. The Hall–Kier alpha value is -2.37. The molecule has 2 aromatic heterocycles. The Kier molecular flexibility index (Phi) is 2.55. The minimum Gasteiger partial charge on any atom is -0.506 e. The van der Waals surface area contributed by atoms with Crippen molar-refractivity contribution in [3.8, 4) is 17.0 Å². The van der Waals surface area contributed by atoms with Crippen molar-refractivity contribution in [3.05, 3.63) is 29.7 Å². The van der Waals surface area contributed by atoms with Crippen LogP contribution in [0.25, 0.3) is 11.3 Å². The van der Waals surface area contributed by atoms with E-state index in [1.54, 1.807) is 30.9 Å². The van der Waals surface area contributed by atoms with Crippen LogP contribution in [-0.4, -0.2) is 25.8 Å². The second-order valence-electron chi connectivity index (χ2n) is 3.69. The normalized spacial score (nSPS) is 10.5. The van der Waals surface area contributed by atoms with Crippen LogP contribution in [0.2, 0.25) is 0 Å². The van der Waals surface area contributed by atoms with Crippen molar-refractivity contribution in [2.75, 3.05) is 0 Å². The Bertz CT molecular complexity index is 589. The zero-order chi connectivity index (χ0) is 12.6. The Morgan fingerprint density at radius 3 is 2.76 bits per heavy atom. The number of carbonyl (C=O) groups excluding carboxylic acids is 1. The van der Waals surface area contributed by atoms with E-state index < -0.39 is 5.91 Å².